The number of aromatic amines is 1. The third-order valence-corrected chi connectivity index (χ3v) is 29.1. The van der Waals surface area contributed by atoms with Crippen LogP contribution in [-0.2, 0) is 76.8 Å². The molecule has 5 unspecified atom stereocenters. The van der Waals surface area contributed by atoms with E-state index in [-0.39, 0.29) is 146 Å². The van der Waals surface area contributed by atoms with Crippen molar-refractivity contribution in [3.63, 3.8) is 0 Å². The first-order chi connectivity index (χ1) is 54.2. The molecule has 120 heavy (non-hydrogen) atoms. The van der Waals surface area contributed by atoms with Crippen molar-refractivity contribution in [2.75, 3.05) is 24.7 Å². The van der Waals surface area contributed by atoms with Crippen molar-refractivity contribution in [1.82, 2.24) is 9.88 Å². The molecule has 0 aromatic carbocycles. The number of esters is 4. The molecule has 23 heteroatoms. The van der Waals surface area contributed by atoms with Crippen molar-refractivity contribution in [2.45, 2.75) is 398 Å². The molecule has 1 aromatic rings. The maximum atomic E-state index is 15.9. The molecular formula is C97H166N5O16SZn-. The third-order valence-electron chi connectivity index (χ3n) is 27.8. The number of likely N-dealkylation sites (tertiary alicyclic amines) is 1. The standard InChI is InChI=1S/C75H124N4O12S.C16H31NO2.C6H12O2.Zn/c1-26-73(24,25)68(88)89-35-31-33-74(27-2,28-3)66(86)78-61-57(64(84)90-59-47(69(12,13)14)37-45(10)38-48(59)70(15,16)17)55(43(6)7)51(76-61)41-52-56(44(8)9)58(65(85)91-60-49(71(18,19)20)39-46(11)40-50(60)72(21,22)23)62(77-52)79-67(87)75(29-4,30-5)34-32-36-92-53(63(82)83)42-54(80)81;1-9-14(2,3)13(18)19-12-10-15(4,5)17(8)16(6,7)11-12;1-4-6(2,3)5(7)8;/h41,43-50,53,59-60H,26-40,42H2,1-25H3,(H5,76,77,78,79,80,81,82,83,84,85,86,87);12H,9-11H2,1-8H3;4H2,1-3H3,(H,7,8);/p-1. The zero-order valence-electron chi connectivity index (χ0n) is 81.8. The Morgan fingerprint density at radius 1 is 0.583 bits per heavy atom. The monoisotopic (exact) mass is 1750 g/mol. The molecule has 2 aliphatic carbocycles. The van der Waals surface area contributed by atoms with Gasteiger partial charge >= 0.3 is 41.8 Å². The number of carbonyl (C=O) groups excluding carboxylic acids is 6. The Hall–Kier alpha value is -5.41. The molecule has 2 amide bonds. The van der Waals surface area contributed by atoms with Gasteiger partial charge in [0, 0.05) is 83.6 Å². The van der Waals surface area contributed by atoms with Gasteiger partial charge in [-0.1, -0.05) is 173 Å². The minimum absolute atomic E-state index is 0. The zero-order chi connectivity index (χ0) is 92.0. The fourth-order valence-corrected chi connectivity index (χ4v) is 18.7. The number of thioether (sulfide) groups is 1. The van der Waals surface area contributed by atoms with Crippen LogP contribution in [0.2, 0.25) is 0 Å². The summed E-state index contributed by atoms with van der Waals surface area (Å²) < 4.78 is 25.6. The molecule has 5 rings (SSSR count). The number of nitrogens with zero attached hydrogens (tertiary/aromatic N) is 3. The number of hydrogen-bond donors (Lipinski definition) is 5. The van der Waals surface area contributed by atoms with Crippen LogP contribution < -0.4 is 5.32 Å². The smallest absolute Gasteiger partial charge is 0.342 e. The summed E-state index contributed by atoms with van der Waals surface area (Å²) >= 11 is 1.04. The maximum Gasteiger partial charge on any atom is 0.342 e. The van der Waals surface area contributed by atoms with Crippen molar-refractivity contribution < 1.29 is 96.9 Å². The van der Waals surface area contributed by atoms with Crippen LogP contribution in [0.1, 0.15) is 385 Å². The number of carbonyl (C=O) groups is 9. The van der Waals surface area contributed by atoms with E-state index in [9.17, 15) is 34.2 Å². The normalized spacial score (nSPS) is 22.6. The molecule has 5 atom stereocenters. The average Bonchev–Trinajstić information content (AvgIpc) is 1.70. The Morgan fingerprint density at radius 3 is 1.37 bits per heavy atom. The van der Waals surface area contributed by atoms with Gasteiger partial charge in [-0.2, -0.15) is 0 Å². The molecule has 1 aromatic heterocycles. The fourth-order valence-electron chi connectivity index (χ4n) is 17.7. The number of aliphatic imine (C=N–C) groups is 1. The molecule has 0 bridgehead atoms. The number of piperidine rings is 1. The quantitative estimate of drug-likeness (QED) is 0.0189. The summed E-state index contributed by atoms with van der Waals surface area (Å²) in [5.74, 6) is -5.10. The van der Waals surface area contributed by atoms with Crippen LogP contribution in [0.3, 0.4) is 0 Å². The first kappa shape index (κ1) is 111. The van der Waals surface area contributed by atoms with Gasteiger partial charge in [0.2, 0.25) is 5.91 Å². The van der Waals surface area contributed by atoms with Gasteiger partial charge in [-0.05, 0) is 252 Å². The summed E-state index contributed by atoms with van der Waals surface area (Å²) in [6, 6.07) is 0. The molecule has 0 spiro atoms. The second kappa shape index (κ2) is 44.2. The Labute approximate surface area is 742 Å². The van der Waals surface area contributed by atoms with Crippen LogP contribution in [0, 0.1) is 90.2 Å². The van der Waals surface area contributed by atoms with E-state index < -0.39 is 81.3 Å². The number of H-pyrrole nitrogens is 1. The number of nitrogens with one attached hydrogen (secondary N) is 2. The molecular weight excluding hydrogens is 1590 g/mol. The third kappa shape index (κ3) is 29.1. The fraction of sp³-hybridized carbons (Fsp3) is 0.814. The maximum absolute atomic E-state index is 15.9. The van der Waals surface area contributed by atoms with E-state index in [2.05, 4.69) is 147 Å². The van der Waals surface area contributed by atoms with Gasteiger partial charge in [-0.15, -0.1) is 11.8 Å². The van der Waals surface area contributed by atoms with E-state index in [4.69, 9.17) is 34.4 Å². The predicted octanol–water partition coefficient (Wildman–Crippen LogP) is 23.6. The largest absolute Gasteiger partial charge is 0.481 e. The molecule has 5 N–H and O–H groups in total. The summed E-state index contributed by atoms with van der Waals surface area (Å²) in [6.07, 6.45) is 10.9. The predicted molar refractivity (Wildman–Crippen MR) is 483 cm³/mol. The second-order valence-corrected chi connectivity index (χ2v) is 45.0. The van der Waals surface area contributed by atoms with Crippen molar-refractivity contribution in [3.05, 3.63) is 39.0 Å². The van der Waals surface area contributed by atoms with Crippen LogP contribution in [0.5, 0.6) is 0 Å². The average molecular weight is 1760 g/mol. The van der Waals surface area contributed by atoms with Crippen molar-refractivity contribution in [3.8, 4) is 0 Å². The number of amidine groups is 1. The van der Waals surface area contributed by atoms with Gasteiger partial charge < -0.3 is 54.9 Å². The van der Waals surface area contributed by atoms with Crippen LogP contribution in [0.25, 0.3) is 11.4 Å². The molecule has 2 aliphatic heterocycles. The van der Waals surface area contributed by atoms with Gasteiger partial charge in [0.05, 0.1) is 34.8 Å². The van der Waals surface area contributed by atoms with Gasteiger partial charge in [0.1, 0.15) is 34.9 Å². The van der Waals surface area contributed by atoms with E-state index in [1.165, 1.54) is 0 Å². The number of carboxylic acids is 3. The number of carboxylic acid groups (broad SMARTS) is 3. The summed E-state index contributed by atoms with van der Waals surface area (Å²) in [5.41, 5.74) is -2.27. The van der Waals surface area contributed by atoms with Gasteiger partial charge in [-0.3, -0.25) is 38.5 Å². The van der Waals surface area contributed by atoms with Crippen molar-refractivity contribution in [2.24, 2.45) is 95.2 Å². The molecule has 4 aliphatic rings. The van der Waals surface area contributed by atoms with Crippen LogP contribution >= 0.6 is 11.8 Å². The number of aliphatic carboxylic acids is 3. The van der Waals surface area contributed by atoms with Crippen LogP contribution in [-0.4, -0.2) is 139 Å². The van der Waals surface area contributed by atoms with Gasteiger partial charge in [0.15, 0.2) is 5.91 Å². The second-order valence-electron chi connectivity index (χ2n) is 43.7. The first-order valence-corrected chi connectivity index (χ1v) is 46.0. The number of amides is 2. The van der Waals surface area contributed by atoms with Gasteiger partial charge in [-0.25, -0.2) is 9.59 Å². The Morgan fingerprint density at radius 2 is 1.00 bits per heavy atom. The number of rotatable bonds is 33. The topological polar surface area (TPSA) is 309 Å². The number of hydrogen-bond acceptors (Lipinski definition) is 15. The minimum atomic E-state index is -1.21. The Bertz CT molecular complexity index is 3660. The van der Waals surface area contributed by atoms with Crippen LogP contribution in [0.15, 0.2) is 21.8 Å². The van der Waals surface area contributed by atoms with E-state index in [1.807, 2.05) is 104 Å². The molecule has 2 saturated carbocycles. The van der Waals surface area contributed by atoms with Crippen LogP contribution in [0.4, 0.5) is 5.82 Å². The summed E-state index contributed by atoms with van der Waals surface area (Å²) in [7, 11) is 2.16. The molecule has 21 nitrogen and oxygen atoms in total. The first-order valence-electron chi connectivity index (χ1n) is 45.0. The molecule has 3 heterocycles. The number of aromatic nitrogens is 1. The summed E-state index contributed by atoms with van der Waals surface area (Å²) in [5, 5.41) is 35.0. The Balaban J connectivity index is 0.00000147. The summed E-state index contributed by atoms with van der Waals surface area (Å²) in [4.78, 5) is 132. The van der Waals surface area contributed by atoms with E-state index in [0.29, 0.717) is 104 Å². The molecule has 0 radical (unpaired) electrons. The number of allylic oxidation sites excluding steroid dienone is 1. The minimum Gasteiger partial charge on any atom is -0.481 e. The molecule has 3 fully saturated rings. The number of anilines is 1. The molecule has 684 valence electrons. The molecule has 1 saturated heterocycles. The van der Waals surface area contributed by atoms with E-state index in [1.54, 1.807) is 19.9 Å². The van der Waals surface area contributed by atoms with E-state index >= 15 is 19.2 Å². The SMILES string of the molecule is CCC(C)(C)C(=O)O.CCC(C)(C)C(=O)OC1CC(C)(C)N(C)C(C)(C)C1.CCC(C)(C)C(=O)OCCCC(CC)(CC)C(=O)N=C1[N-]C(=Cc2[nH]c(NC(=O)C(CC)(CC)CCCSC(CC(=O)O)C(=O)O)c(C(=O)OC3C(C(C)(C)C)CC(C)CC3C(C)(C)C)c2C(C)C)C(C(C)C)=C1C(=O)OC1C(C(C)(C)C)CC(C)CC1C(C)(C)C.[Zn]. The summed E-state index contributed by atoms with van der Waals surface area (Å²) in [6.45, 7) is 72.5. The zero-order valence-corrected chi connectivity index (χ0v) is 85.5. The number of ether oxygens (including phenoxy) is 4. The Kier molecular flexibility index (Phi) is 40.7. The van der Waals surface area contributed by atoms with Gasteiger partial charge in [0.25, 0.3) is 0 Å². The van der Waals surface area contributed by atoms with E-state index in [0.717, 1.165) is 56.7 Å². The van der Waals surface area contributed by atoms with Crippen molar-refractivity contribution in [1.29, 1.82) is 0 Å². The van der Waals surface area contributed by atoms with Crippen molar-refractivity contribution >= 4 is 83.1 Å².